The number of hydrogen-bond donors (Lipinski definition) is 1. The number of nitrogens with two attached hydrogens (primary N) is 1. The Bertz CT molecular complexity index is 426. The summed E-state index contributed by atoms with van der Waals surface area (Å²) in [6.07, 6.45) is 0.634. The van der Waals surface area contributed by atoms with Crippen LogP contribution in [0, 0.1) is 3.57 Å². The maximum absolute atomic E-state index is 5.45. The van der Waals surface area contributed by atoms with Crippen LogP contribution >= 0.6 is 33.9 Å². The number of aromatic nitrogens is 2. The summed E-state index contributed by atoms with van der Waals surface area (Å²) in [5.41, 5.74) is 5.39. The van der Waals surface area contributed by atoms with E-state index in [1.165, 1.54) is 0 Å². The van der Waals surface area contributed by atoms with Gasteiger partial charge in [-0.2, -0.15) is 0 Å². The Kier molecular flexibility index (Phi) is 3.14. The minimum absolute atomic E-state index is 0.531. The van der Waals surface area contributed by atoms with Crippen molar-refractivity contribution in [2.75, 3.05) is 6.54 Å². The second-order valence-corrected chi connectivity index (χ2v) is 4.72. The van der Waals surface area contributed by atoms with Crippen LogP contribution in [-0.2, 0) is 6.42 Å². The fraction of sp³-hybridized carbons (Fsp3) is 0.250. The van der Waals surface area contributed by atoms with Crippen molar-refractivity contribution in [2.24, 2.45) is 5.73 Å². The fourth-order valence-corrected chi connectivity index (χ4v) is 2.76. The lowest BCUT2D eigenvalue weighted by Gasteiger charge is -1.89. The van der Waals surface area contributed by atoms with Crippen LogP contribution in [-0.4, -0.2) is 16.7 Å². The van der Waals surface area contributed by atoms with E-state index in [0.29, 0.717) is 24.7 Å². The predicted octanol–water partition coefficient (Wildman–Crippen LogP) is 1.90. The van der Waals surface area contributed by atoms with Crippen LogP contribution in [0.25, 0.3) is 10.8 Å². The van der Waals surface area contributed by atoms with Crippen LogP contribution in [0.3, 0.4) is 0 Å². The second kappa shape index (κ2) is 4.37. The molecule has 2 aromatic rings. The highest BCUT2D eigenvalue weighted by Crippen LogP contribution is 2.29. The van der Waals surface area contributed by atoms with Crippen molar-refractivity contribution in [1.82, 2.24) is 10.2 Å². The second-order valence-electron chi connectivity index (χ2n) is 2.64. The number of rotatable bonds is 3. The minimum atomic E-state index is 0.531. The molecule has 6 heteroatoms. The quantitative estimate of drug-likeness (QED) is 0.877. The number of halogens is 1. The minimum Gasteiger partial charge on any atom is -0.420 e. The molecule has 0 radical (unpaired) electrons. The summed E-state index contributed by atoms with van der Waals surface area (Å²) in [6, 6.07) is 2.02. The molecule has 0 spiro atoms. The van der Waals surface area contributed by atoms with E-state index in [1.54, 1.807) is 11.3 Å². The highest BCUT2D eigenvalue weighted by molar-refractivity contribution is 14.1. The van der Waals surface area contributed by atoms with Crippen LogP contribution in [0.15, 0.2) is 15.9 Å². The number of nitrogens with zero attached hydrogens (tertiary/aromatic N) is 2. The molecule has 0 bridgehead atoms. The van der Waals surface area contributed by atoms with Gasteiger partial charge in [0.05, 0.1) is 0 Å². The molecule has 0 saturated heterocycles. The molecule has 4 nitrogen and oxygen atoms in total. The van der Waals surface area contributed by atoms with Crippen molar-refractivity contribution in [2.45, 2.75) is 6.42 Å². The van der Waals surface area contributed by atoms with E-state index in [0.717, 1.165) is 8.45 Å². The summed E-state index contributed by atoms with van der Waals surface area (Å²) >= 11 is 3.85. The molecule has 2 rings (SSSR count). The first-order chi connectivity index (χ1) is 6.81. The smallest absolute Gasteiger partial charge is 0.258 e. The number of hydrogen-bond acceptors (Lipinski definition) is 5. The van der Waals surface area contributed by atoms with E-state index in [9.17, 15) is 0 Å². The molecule has 2 N–H and O–H groups in total. The van der Waals surface area contributed by atoms with Crippen LogP contribution in [0.4, 0.5) is 0 Å². The van der Waals surface area contributed by atoms with Gasteiger partial charge in [0.25, 0.3) is 5.89 Å². The molecule has 0 aromatic carbocycles. The van der Waals surface area contributed by atoms with E-state index in [-0.39, 0.29) is 0 Å². The van der Waals surface area contributed by atoms with E-state index >= 15 is 0 Å². The summed E-state index contributed by atoms with van der Waals surface area (Å²) in [6.45, 7) is 0.531. The highest BCUT2D eigenvalue weighted by Gasteiger charge is 2.11. The SMILES string of the molecule is NCCc1nnc(-c2sccc2I)o1. The van der Waals surface area contributed by atoms with E-state index in [4.69, 9.17) is 10.2 Å². The van der Waals surface area contributed by atoms with Gasteiger partial charge in [-0.05, 0) is 34.0 Å². The van der Waals surface area contributed by atoms with Crippen LogP contribution in [0.2, 0.25) is 0 Å². The monoisotopic (exact) mass is 321 g/mol. The van der Waals surface area contributed by atoms with Gasteiger partial charge in [-0.15, -0.1) is 21.5 Å². The molecule has 14 heavy (non-hydrogen) atoms. The topological polar surface area (TPSA) is 64.9 Å². The summed E-state index contributed by atoms with van der Waals surface area (Å²) in [5, 5.41) is 9.89. The molecule has 0 amide bonds. The maximum atomic E-state index is 5.45. The zero-order valence-electron chi connectivity index (χ0n) is 7.24. The molecule has 2 aromatic heterocycles. The average Bonchev–Trinajstić information content (AvgIpc) is 2.74. The lowest BCUT2D eigenvalue weighted by atomic mass is 10.4. The first-order valence-corrected chi connectivity index (χ1v) is 6.03. The summed E-state index contributed by atoms with van der Waals surface area (Å²) in [5.74, 6) is 1.19. The average molecular weight is 321 g/mol. The van der Waals surface area contributed by atoms with Crippen molar-refractivity contribution in [1.29, 1.82) is 0 Å². The zero-order valence-corrected chi connectivity index (χ0v) is 10.2. The predicted molar refractivity (Wildman–Crippen MR) is 63.1 cm³/mol. The van der Waals surface area contributed by atoms with Gasteiger partial charge >= 0.3 is 0 Å². The van der Waals surface area contributed by atoms with Crippen LogP contribution in [0.1, 0.15) is 5.89 Å². The third-order valence-electron chi connectivity index (χ3n) is 1.64. The van der Waals surface area contributed by atoms with Crippen LogP contribution in [0.5, 0.6) is 0 Å². The van der Waals surface area contributed by atoms with Crippen molar-refractivity contribution >= 4 is 33.9 Å². The lowest BCUT2D eigenvalue weighted by molar-refractivity contribution is 0.508. The Balaban J connectivity index is 2.29. The van der Waals surface area contributed by atoms with Crippen LogP contribution < -0.4 is 5.73 Å². The molecule has 0 aliphatic carbocycles. The van der Waals surface area contributed by atoms with Crippen molar-refractivity contribution in [3.8, 4) is 10.8 Å². The molecule has 0 aliphatic rings. The lowest BCUT2D eigenvalue weighted by Crippen LogP contribution is -2.02. The van der Waals surface area contributed by atoms with Crippen molar-refractivity contribution in [3.05, 3.63) is 20.9 Å². The Morgan fingerprint density at radius 2 is 2.36 bits per heavy atom. The van der Waals surface area contributed by atoms with E-state index in [2.05, 4.69) is 32.8 Å². The summed E-state index contributed by atoms with van der Waals surface area (Å²) in [4.78, 5) is 1.03. The Morgan fingerprint density at radius 1 is 1.50 bits per heavy atom. The van der Waals surface area contributed by atoms with Crippen molar-refractivity contribution in [3.63, 3.8) is 0 Å². The van der Waals surface area contributed by atoms with Gasteiger partial charge in [0.15, 0.2) is 0 Å². The Hall–Kier alpha value is -0.470. The standard InChI is InChI=1S/C8H8IN3OS/c9-5-2-4-14-7(5)8-12-11-6(13-8)1-3-10/h2,4H,1,3,10H2. The van der Waals surface area contributed by atoms with Gasteiger partial charge in [0.1, 0.15) is 4.88 Å². The fourth-order valence-electron chi connectivity index (χ4n) is 1.02. The molecular weight excluding hydrogens is 313 g/mol. The maximum Gasteiger partial charge on any atom is 0.258 e. The molecule has 74 valence electrons. The number of thiophene rings is 1. The van der Waals surface area contributed by atoms with Crippen molar-refractivity contribution < 1.29 is 4.42 Å². The molecule has 0 atom stereocenters. The summed E-state index contributed by atoms with van der Waals surface area (Å²) < 4.78 is 6.59. The molecule has 0 fully saturated rings. The normalized spacial score (nSPS) is 10.7. The van der Waals surface area contributed by atoms with E-state index in [1.807, 2.05) is 11.4 Å². The zero-order chi connectivity index (χ0) is 9.97. The molecule has 0 unspecified atom stereocenters. The third kappa shape index (κ3) is 1.96. The first-order valence-electron chi connectivity index (χ1n) is 4.07. The highest BCUT2D eigenvalue weighted by atomic mass is 127. The van der Waals surface area contributed by atoms with Gasteiger partial charge in [-0.3, -0.25) is 0 Å². The third-order valence-corrected chi connectivity index (χ3v) is 3.80. The Labute approximate surface area is 98.7 Å². The molecule has 0 aliphatic heterocycles. The first kappa shape index (κ1) is 10.1. The molecular formula is C8H8IN3OS. The van der Waals surface area contributed by atoms with Gasteiger partial charge in [0, 0.05) is 16.5 Å². The van der Waals surface area contributed by atoms with Gasteiger partial charge < -0.3 is 10.2 Å². The Morgan fingerprint density at radius 3 is 3.00 bits per heavy atom. The van der Waals surface area contributed by atoms with Gasteiger partial charge in [-0.1, -0.05) is 0 Å². The molecule has 0 saturated carbocycles. The molecule has 2 heterocycles. The summed E-state index contributed by atoms with van der Waals surface area (Å²) in [7, 11) is 0. The largest absolute Gasteiger partial charge is 0.420 e. The van der Waals surface area contributed by atoms with E-state index < -0.39 is 0 Å². The van der Waals surface area contributed by atoms with Gasteiger partial charge in [-0.25, -0.2) is 0 Å². The van der Waals surface area contributed by atoms with Gasteiger partial charge in [0.2, 0.25) is 5.89 Å².